The molecule has 1 amide bonds. The Labute approximate surface area is 177 Å². The van der Waals surface area contributed by atoms with E-state index >= 15 is 0 Å². The van der Waals surface area contributed by atoms with Crippen molar-refractivity contribution in [1.82, 2.24) is 19.8 Å². The highest BCUT2D eigenvalue weighted by molar-refractivity contribution is 7.91. The number of carbonyl (C=O) groups is 1. The van der Waals surface area contributed by atoms with E-state index in [1.54, 1.807) is 0 Å². The van der Waals surface area contributed by atoms with E-state index in [0.29, 0.717) is 19.6 Å². The monoisotopic (exact) mass is 435 g/mol. The predicted octanol–water partition coefficient (Wildman–Crippen LogP) is 0.0203. The number of aromatic nitrogens is 2. The number of likely N-dealkylation sites (N-methyl/N-ethyl adjacent to an activating group) is 1. The molecule has 0 aromatic carbocycles. The molecule has 3 unspecified atom stereocenters. The van der Waals surface area contributed by atoms with Gasteiger partial charge in [-0.05, 0) is 26.3 Å². The van der Waals surface area contributed by atoms with Gasteiger partial charge in [0.2, 0.25) is 11.9 Å². The fraction of sp³-hybridized carbons (Fsp3) is 0.750. The summed E-state index contributed by atoms with van der Waals surface area (Å²) in [4.78, 5) is 28.7. The predicted molar refractivity (Wildman–Crippen MR) is 111 cm³/mol. The number of fused-ring (bicyclic) bond motifs is 4. The molecule has 0 aliphatic carbocycles. The van der Waals surface area contributed by atoms with E-state index < -0.39 is 9.84 Å². The molecule has 4 aliphatic rings. The maximum Gasteiger partial charge on any atom is 0.237 e. The smallest absolute Gasteiger partial charge is 0.237 e. The SMILES string of the molecule is CN(CC(=O)N1C2CCC1c1cnc(N3CCOCC3)nc1C2)C1CCS(=O)(=O)C1. The van der Waals surface area contributed by atoms with Gasteiger partial charge in [0.05, 0.1) is 43.0 Å². The standard InChI is InChI=1S/C20H29N5O4S/c1-23(15-4-9-30(27,28)13-15)12-19(26)25-14-2-3-18(25)16-11-21-20(22-17(16)10-14)24-5-7-29-8-6-24/h11,14-15,18H,2-10,12-13H2,1H3. The maximum absolute atomic E-state index is 13.2. The number of carbonyl (C=O) groups excluding carboxylic acids is 1. The van der Waals surface area contributed by atoms with Crippen molar-refractivity contribution in [2.45, 2.75) is 43.8 Å². The van der Waals surface area contributed by atoms with Gasteiger partial charge in [-0.1, -0.05) is 0 Å². The van der Waals surface area contributed by atoms with Crippen LogP contribution in [0, 0.1) is 0 Å². The molecule has 3 atom stereocenters. The van der Waals surface area contributed by atoms with Gasteiger partial charge in [0, 0.05) is 43.4 Å². The number of sulfone groups is 1. The van der Waals surface area contributed by atoms with Crippen molar-refractivity contribution in [1.29, 1.82) is 0 Å². The molecule has 10 heteroatoms. The lowest BCUT2D eigenvalue weighted by Crippen LogP contribution is -2.48. The van der Waals surface area contributed by atoms with Gasteiger partial charge in [0.1, 0.15) is 0 Å². The molecule has 3 saturated heterocycles. The molecule has 2 bridgehead atoms. The zero-order chi connectivity index (χ0) is 20.9. The van der Waals surface area contributed by atoms with Crippen LogP contribution in [0.25, 0.3) is 0 Å². The summed E-state index contributed by atoms with van der Waals surface area (Å²) in [5, 5.41) is 0. The van der Waals surface area contributed by atoms with Gasteiger partial charge in [-0.15, -0.1) is 0 Å². The van der Waals surface area contributed by atoms with Gasteiger partial charge in [-0.3, -0.25) is 9.69 Å². The Kier molecular flexibility index (Phi) is 5.19. The van der Waals surface area contributed by atoms with Gasteiger partial charge in [-0.2, -0.15) is 0 Å². The first-order valence-electron chi connectivity index (χ1n) is 10.8. The molecule has 30 heavy (non-hydrogen) atoms. The fourth-order valence-corrected chi connectivity index (χ4v) is 7.12. The molecule has 3 fully saturated rings. The molecular weight excluding hydrogens is 406 g/mol. The Balaban J connectivity index is 1.30. The molecule has 164 valence electrons. The first-order chi connectivity index (χ1) is 14.4. The van der Waals surface area contributed by atoms with Crippen LogP contribution in [-0.4, -0.2) is 97.6 Å². The molecule has 0 N–H and O–H groups in total. The first-order valence-corrected chi connectivity index (χ1v) is 12.6. The van der Waals surface area contributed by atoms with E-state index in [1.165, 1.54) is 0 Å². The van der Waals surface area contributed by atoms with Crippen molar-refractivity contribution in [3.8, 4) is 0 Å². The second-order valence-corrected chi connectivity index (χ2v) is 11.1. The highest BCUT2D eigenvalue weighted by Gasteiger charge is 2.44. The minimum absolute atomic E-state index is 0.0331. The lowest BCUT2D eigenvalue weighted by atomic mass is 9.99. The van der Waals surface area contributed by atoms with Crippen LogP contribution < -0.4 is 4.90 Å². The topological polar surface area (TPSA) is 95.9 Å². The zero-order valence-electron chi connectivity index (χ0n) is 17.4. The zero-order valence-corrected chi connectivity index (χ0v) is 18.2. The van der Waals surface area contributed by atoms with Crippen molar-refractivity contribution in [2.75, 3.05) is 56.3 Å². The van der Waals surface area contributed by atoms with Crippen LogP contribution in [0.5, 0.6) is 0 Å². The van der Waals surface area contributed by atoms with Gasteiger partial charge in [0.15, 0.2) is 9.84 Å². The Hall–Kier alpha value is -1.78. The van der Waals surface area contributed by atoms with E-state index in [2.05, 4.69) is 9.88 Å². The van der Waals surface area contributed by atoms with E-state index in [1.807, 2.05) is 23.0 Å². The molecule has 5 rings (SSSR count). The van der Waals surface area contributed by atoms with Crippen molar-refractivity contribution in [3.05, 3.63) is 17.5 Å². The molecule has 4 aliphatic heterocycles. The molecule has 1 aromatic rings. The van der Waals surface area contributed by atoms with Crippen LogP contribution in [0.1, 0.15) is 36.6 Å². The third kappa shape index (κ3) is 3.69. The molecule has 1 aromatic heterocycles. The Bertz CT molecular complexity index is 933. The van der Waals surface area contributed by atoms with Crippen molar-refractivity contribution >= 4 is 21.7 Å². The fourth-order valence-electron chi connectivity index (χ4n) is 5.31. The van der Waals surface area contributed by atoms with E-state index in [4.69, 9.17) is 9.72 Å². The second kappa shape index (κ2) is 7.72. The summed E-state index contributed by atoms with van der Waals surface area (Å²) in [7, 11) is -1.10. The molecule has 5 heterocycles. The average Bonchev–Trinajstić information content (AvgIpc) is 3.26. The summed E-state index contributed by atoms with van der Waals surface area (Å²) >= 11 is 0. The minimum Gasteiger partial charge on any atom is -0.378 e. The van der Waals surface area contributed by atoms with Gasteiger partial charge in [0.25, 0.3) is 0 Å². The number of ether oxygens (including phenoxy) is 1. The van der Waals surface area contributed by atoms with Crippen LogP contribution >= 0.6 is 0 Å². The highest BCUT2D eigenvalue weighted by Crippen LogP contribution is 2.43. The Morgan fingerprint density at radius 1 is 1.27 bits per heavy atom. The second-order valence-electron chi connectivity index (χ2n) is 8.90. The number of anilines is 1. The minimum atomic E-state index is -2.96. The van der Waals surface area contributed by atoms with E-state index in [9.17, 15) is 13.2 Å². The third-order valence-corrected chi connectivity index (χ3v) is 8.73. The number of nitrogens with zero attached hydrogens (tertiary/aromatic N) is 5. The van der Waals surface area contributed by atoms with E-state index in [0.717, 1.165) is 49.6 Å². The number of amides is 1. The molecule has 0 spiro atoms. The summed E-state index contributed by atoms with van der Waals surface area (Å²) in [6.45, 7) is 3.27. The number of rotatable bonds is 4. The summed E-state index contributed by atoms with van der Waals surface area (Å²) in [5.41, 5.74) is 2.14. The summed E-state index contributed by atoms with van der Waals surface area (Å²) in [6.07, 6.45) is 5.19. The number of morpholine rings is 1. The third-order valence-electron chi connectivity index (χ3n) is 6.98. The molecule has 0 saturated carbocycles. The van der Waals surface area contributed by atoms with Gasteiger partial charge >= 0.3 is 0 Å². The van der Waals surface area contributed by atoms with Crippen LogP contribution in [0.15, 0.2) is 6.20 Å². The van der Waals surface area contributed by atoms with Crippen molar-refractivity contribution in [3.63, 3.8) is 0 Å². The summed E-state index contributed by atoms with van der Waals surface area (Å²) < 4.78 is 29.0. The largest absolute Gasteiger partial charge is 0.378 e. The lowest BCUT2D eigenvalue weighted by Gasteiger charge is -2.37. The Morgan fingerprint density at radius 2 is 2.07 bits per heavy atom. The normalized spacial score (nSPS) is 30.0. The van der Waals surface area contributed by atoms with Crippen molar-refractivity contribution < 1.29 is 17.9 Å². The summed E-state index contributed by atoms with van der Waals surface area (Å²) in [5.74, 6) is 1.22. The van der Waals surface area contributed by atoms with Crippen LogP contribution in [0.4, 0.5) is 5.95 Å². The van der Waals surface area contributed by atoms with Crippen LogP contribution in [0.3, 0.4) is 0 Å². The van der Waals surface area contributed by atoms with Crippen LogP contribution in [0.2, 0.25) is 0 Å². The lowest BCUT2D eigenvalue weighted by molar-refractivity contribution is -0.136. The van der Waals surface area contributed by atoms with Gasteiger partial charge in [-0.25, -0.2) is 18.4 Å². The summed E-state index contributed by atoms with van der Waals surface area (Å²) in [6, 6.07) is 0.141. The average molecular weight is 436 g/mol. The number of hydrogen-bond donors (Lipinski definition) is 0. The van der Waals surface area contributed by atoms with Crippen molar-refractivity contribution in [2.24, 2.45) is 0 Å². The first kappa shape index (κ1) is 20.1. The van der Waals surface area contributed by atoms with Gasteiger partial charge < -0.3 is 14.5 Å². The number of hydrogen-bond acceptors (Lipinski definition) is 8. The molecule has 9 nitrogen and oxygen atoms in total. The Morgan fingerprint density at radius 3 is 2.80 bits per heavy atom. The van der Waals surface area contributed by atoms with Crippen LogP contribution in [-0.2, 0) is 25.8 Å². The molecule has 0 radical (unpaired) electrons. The maximum atomic E-state index is 13.2. The molecular formula is C20H29N5O4S. The van der Waals surface area contributed by atoms with E-state index in [-0.39, 0.29) is 42.1 Å². The quantitative estimate of drug-likeness (QED) is 0.653. The highest BCUT2D eigenvalue weighted by atomic mass is 32.2.